The second-order valence-electron chi connectivity index (χ2n) is 5.17. The third-order valence-corrected chi connectivity index (χ3v) is 3.86. The highest BCUT2D eigenvalue weighted by molar-refractivity contribution is 6.30. The molecule has 2 aromatic carbocycles. The average molecular weight is 308 g/mol. The maximum absolute atomic E-state index is 5.91. The van der Waals surface area contributed by atoms with Crippen LogP contribution in [0, 0.1) is 0 Å². The van der Waals surface area contributed by atoms with Crippen LogP contribution in [0.2, 0.25) is 10.0 Å². The molecule has 106 valence electrons. The van der Waals surface area contributed by atoms with Crippen molar-refractivity contribution in [2.75, 3.05) is 0 Å². The summed E-state index contributed by atoms with van der Waals surface area (Å²) < 4.78 is 0. The molecule has 1 N–H and O–H groups in total. The van der Waals surface area contributed by atoms with E-state index in [1.807, 2.05) is 24.3 Å². The predicted molar refractivity (Wildman–Crippen MR) is 87.6 cm³/mol. The maximum atomic E-state index is 5.91. The zero-order valence-electron chi connectivity index (χ0n) is 11.7. The summed E-state index contributed by atoms with van der Waals surface area (Å²) in [6.45, 7) is 4.36. The lowest BCUT2D eigenvalue weighted by Crippen LogP contribution is -2.30. The van der Waals surface area contributed by atoms with E-state index in [1.165, 1.54) is 11.1 Å². The zero-order chi connectivity index (χ0) is 14.5. The molecule has 2 atom stereocenters. The molecule has 0 aromatic heterocycles. The largest absolute Gasteiger partial charge is 0.307 e. The highest BCUT2D eigenvalue weighted by Crippen LogP contribution is 2.17. The molecule has 0 radical (unpaired) electrons. The molecule has 1 unspecified atom stereocenters. The molecule has 0 heterocycles. The summed E-state index contributed by atoms with van der Waals surface area (Å²) >= 11 is 11.8. The summed E-state index contributed by atoms with van der Waals surface area (Å²) in [7, 11) is 0. The van der Waals surface area contributed by atoms with Crippen LogP contribution in [0.5, 0.6) is 0 Å². The fourth-order valence-electron chi connectivity index (χ4n) is 2.31. The fourth-order valence-corrected chi connectivity index (χ4v) is 2.56. The van der Waals surface area contributed by atoms with Gasteiger partial charge in [0.15, 0.2) is 0 Å². The molecule has 0 fully saturated rings. The first-order valence-corrected chi connectivity index (χ1v) is 7.56. The number of halogens is 2. The molecule has 2 aromatic rings. The molecule has 0 saturated heterocycles. The molecule has 0 aliphatic carbocycles. The summed E-state index contributed by atoms with van der Waals surface area (Å²) in [6, 6.07) is 16.7. The van der Waals surface area contributed by atoms with Crippen molar-refractivity contribution in [3.63, 3.8) is 0 Å². The molecule has 3 heteroatoms. The van der Waals surface area contributed by atoms with Crippen molar-refractivity contribution in [2.45, 2.75) is 32.4 Å². The number of benzene rings is 2. The topological polar surface area (TPSA) is 12.0 Å². The van der Waals surface area contributed by atoms with Crippen molar-refractivity contribution in [3.8, 4) is 0 Å². The second-order valence-corrected chi connectivity index (χ2v) is 6.04. The van der Waals surface area contributed by atoms with Crippen LogP contribution in [0.25, 0.3) is 0 Å². The van der Waals surface area contributed by atoms with Crippen molar-refractivity contribution in [1.82, 2.24) is 5.32 Å². The van der Waals surface area contributed by atoms with Gasteiger partial charge in [0.05, 0.1) is 0 Å². The third kappa shape index (κ3) is 4.52. The van der Waals surface area contributed by atoms with Crippen LogP contribution in [-0.2, 0) is 6.42 Å². The maximum Gasteiger partial charge on any atom is 0.0406 e. The Kier molecular flexibility index (Phi) is 5.47. The Labute approximate surface area is 130 Å². The summed E-state index contributed by atoms with van der Waals surface area (Å²) in [4.78, 5) is 0. The van der Waals surface area contributed by atoms with E-state index in [0.717, 1.165) is 16.5 Å². The lowest BCUT2D eigenvalue weighted by molar-refractivity contribution is 0.477. The number of nitrogens with one attached hydrogen (secondary N) is 1. The smallest absolute Gasteiger partial charge is 0.0406 e. The molecule has 0 aliphatic heterocycles. The minimum atomic E-state index is 0.301. The molecule has 20 heavy (non-hydrogen) atoms. The van der Waals surface area contributed by atoms with Crippen molar-refractivity contribution < 1.29 is 0 Å². The number of hydrogen-bond donors (Lipinski definition) is 1. The second kappa shape index (κ2) is 7.12. The van der Waals surface area contributed by atoms with Crippen LogP contribution in [0.1, 0.15) is 31.0 Å². The lowest BCUT2D eigenvalue weighted by Gasteiger charge is -2.20. The van der Waals surface area contributed by atoms with Gasteiger partial charge in [-0.3, -0.25) is 0 Å². The number of rotatable bonds is 5. The van der Waals surface area contributed by atoms with Gasteiger partial charge < -0.3 is 5.32 Å². The van der Waals surface area contributed by atoms with E-state index in [2.05, 4.69) is 43.4 Å². The molecule has 0 spiro atoms. The molecular formula is C17H19Cl2N. The van der Waals surface area contributed by atoms with E-state index in [-0.39, 0.29) is 0 Å². The highest BCUT2D eigenvalue weighted by atomic mass is 35.5. The standard InChI is InChI=1S/C17H19Cl2N/c1-12(11-14-3-7-16(18)8-4-14)20-13(2)15-5-9-17(19)10-6-15/h3-10,12-13,20H,11H2,1-2H3/t12?,13-/m0/s1. The molecule has 1 nitrogen and oxygen atoms in total. The SMILES string of the molecule is CC(Cc1ccc(Cl)cc1)N[C@@H](C)c1ccc(Cl)cc1. The Morgan fingerprint density at radius 2 is 1.35 bits per heavy atom. The summed E-state index contributed by atoms with van der Waals surface area (Å²) in [5.41, 5.74) is 2.54. The predicted octanol–water partition coefficient (Wildman–Crippen LogP) is 5.28. The Hall–Kier alpha value is -1.02. The summed E-state index contributed by atoms with van der Waals surface area (Å²) in [5, 5.41) is 5.16. The first kappa shape index (κ1) is 15.4. The highest BCUT2D eigenvalue weighted by Gasteiger charge is 2.10. The van der Waals surface area contributed by atoms with Gasteiger partial charge in [-0.25, -0.2) is 0 Å². The normalized spacial score (nSPS) is 14.0. The summed E-state index contributed by atoms with van der Waals surface area (Å²) in [6.07, 6.45) is 0.981. The van der Waals surface area contributed by atoms with E-state index < -0.39 is 0 Å². The van der Waals surface area contributed by atoms with E-state index in [4.69, 9.17) is 23.2 Å². The zero-order valence-corrected chi connectivity index (χ0v) is 13.2. The Bertz CT molecular complexity index is 534. The molecule has 0 amide bonds. The van der Waals surface area contributed by atoms with Crippen molar-refractivity contribution in [3.05, 3.63) is 69.7 Å². The van der Waals surface area contributed by atoms with Crippen LogP contribution < -0.4 is 5.32 Å². The Balaban J connectivity index is 1.92. The molecule has 2 rings (SSSR count). The van der Waals surface area contributed by atoms with Crippen LogP contribution in [0.4, 0.5) is 0 Å². The molecule has 0 bridgehead atoms. The van der Waals surface area contributed by atoms with E-state index >= 15 is 0 Å². The lowest BCUT2D eigenvalue weighted by atomic mass is 10.0. The molecule has 0 saturated carbocycles. The van der Waals surface area contributed by atoms with Gasteiger partial charge in [0.2, 0.25) is 0 Å². The quantitative estimate of drug-likeness (QED) is 0.793. The van der Waals surface area contributed by atoms with E-state index in [0.29, 0.717) is 12.1 Å². The van der Waals surface area contributed by atoms with Crippen molar-refractivity contribution in [2.24, 2.45) is 0 Å². The summed E-state index contributed by atoms with van der Waals surface area (Å²) in [5.74, 6) is 0. The van der Waals surface area contributed by atoms with Crippen LogP contribution in [-0.4, -0.2) is 6.04 Å². The number of hydrogen-bond acceptors (Lipinski definition) is 1. The molecule has 0 aliphatic rings. The first-order chi connectivity index (χ1) is 9.54. The monoisotopic (exact) mass is 307 g/mol. The van der Waals surface area contributed by atoms with E-state index in [9.17, 15) is 0 Å². The Morgan fingerprint density at radius 3 is 1.90 bits per heavy atom. The van der Waals surface area contributed by atoms with Crippen LogP contribution >= 0.6 is 23.2 Å². The minimum Gasteiger partial charge on any atom is -0.307 e. The van der Waals surface area contributed by atoms with Crippen molar-refractivity contribution in [1.29, 1.82) is 0 Å². The van der Waals surface area contributed by atoms with Crippen LogP contribution in [0.3, 0.4) is 0 Å². The molecular weight excluding hydrogens is 289 g/mol. The fraction of sp³-hybridized carbons (Fsp3) is 0.294. The van der Waals surface area contributed by atoms with Gasteiger partial charge in [-0.05, 0) is 55.7 Å². The minimum absolute atomic E-state index is 0.301. The van der Waals surface area contributed by atoms with E-state index in [1.54, 1.807) is 0 Å². The first-order valence-electron chi connectivity index (χ1n) is 6.80. The van der Waals surface area contributed by atoms with Gasteiger partial charge in [0.25, 0.3) is 0 Å². The van der Waals surface area contributed by atoms with Gasteiger partial charge in [-0.2, -0.15) is 0 Å². The van der Waals surface area contributed by atoms with Crippen LogP contribution in [0.15, 0.2) is 48.5 Å². The van der Waals surface area contributed by atoms with Gasteiger partial charge in [0.1, 0.15) is 0 Å². The third-order valence-electron chi connectivity index (χ3n) is 3.36. The van der Waals surface area contributed by atoms with Gasteiger partial charge in [-0.1, -0.05) is 47.5 Å². The van der Waals surface area contributed by atoms with Crippen molar-refractivity contribution >= 4 is 23.2 Å². The van der Waals surface area contributed by atoms with Gasteiger partial charge in [0, 0.05) is 22.1 Å². The van der Waals surface area contributed by atoms with Gasteiger partial charge >= 0.3 is 0 Å². The Morgan fingerprint density at radius 1 is 0.850 bits per heavy atom. The van der Waals surface area contributed by atoms with Gasteiger partial charge in [-0.15, -0.1) is 0 Å². The average Bonchev–Trinajstić information content (AvgIpc) is 2.42.